The summed E-state index contributed by atoms with van der Waals surface area (Å²) < 4.78 is 0. The maximum atomic E-state index is 10.9. The molecule has 0 amide bonds. The molecule has 1 aliphatic carbocycles. The Morgan fingerprint density at radius 2 is 2.00 bits per heavy atom. The van der Waals surface area contributed by atoms with Gasteiger partial charge >= 0.3 is 0 Å². The highest BCUT2D eigenvalue weighted by Gasteiger charge is 2.41. The van der Waals surface area contributed by atoms with Gasteiger partial charge in [-0.25, -0.2) is 0 Å². The SMILES string of the molecule is CC1(C)CSCC(O)(C2=CCCCCC2)C1. The first-order valence-corrected chi connectivity index (χ1v) is 7.67. The van der Waals surface area contributed by atoms with Crippen LogP contribution in [0.2, 0.25) is 0 Å². The second-order valence-corrected chi connectivity index (χ2v) is 7.18. The highest BCUT2D eigenvalue weighted by Crippen LogP contribution is 2.44. The Morgan fingerprint density at radius 1 is 1.19 bits per heavy atom. The topological polar surface area (TPSA) is 20.2 Å². The van der Waals surface area contributed by atoms with E-state index in [9.17, 15) is 5.11 Å². The van der Waals surface area contributed by atoms with Gasteiger partial charge in [0.1, 0.15) is 0 Å². The van der Waals surface area contributed by atoms with Crippen LogP contribution in [-0.4, -0.2) is 22.2 Å². The first kappa shape index (κ1) is 12.5. The van der Waals surface area contributed by atoms with Crippen LogP contribution in [0, 0.1) is 5.41 Å². The lowest BCUT2D eigenvalue weighted by Crippen LogP contribution is -2.44. The molecular weight excluding hydrogens is 216 g/mol. The van der Waals surface area contributed by atoms with E-state index in [1.54, 1.807) is 0 Å². The highest BCUT2D eigenvalue weighted by molar-refractivity contribution is 7.99. The van der Waals surface area contributed by atoms with Crippen molar-refractivity contribution in [1.82, 2.24) is 0 Å². The zero-order valence-electron chi connectivity index (χ0n) is 10.6. The van der Waals surface area contributed by atoms with E-state index >= 15 is 0 Å². The van der Waals surface area contributed by atoms with Gasteiger partial charge in [0.2, 0.25) is 0 Å². The van der Waals surface area contributed by atoms with Crippen LogP contribution in [0.4, 0.5) is 0 Å². The van der Waals surface area contributed by atoms with Crippen molar-refractivity contribution in [3.8, 4) is 0 Å². The molecule has 92 valence electrons. The Bertz CT molecular complexity index is 282. The van der Waals surface area contributed by atoms with Gasteiger partial charge in [-0.15, -0.1) is 0 Å². The summed E-state index contributed by atoms with van der Waals surface area (Å²) in [5, 5.41) is 10.9. The number of aliphatic hydroxyl groups is 1. The summed E-state index contributed by atoms with van der Waals surface area (Å²) >= 11 is 1.92. The van der Waals surface area contributed by atoms with Gasteiger partial charge in [0, 0.05) is 5.75 Å². The minimum Gasteiger partial charge on any atom is -0.385 e. The van der Waals surface area contributed by atoms with E-state index < -0.39 is 5.60 Å². The zero-order valence-corrected chi connectivity index (χ0v) is 11.4. The van der Waals surface area contributed by atoms with Gasteiger partial charge in [0.15, 0.2) is 0 Å². The molecule has 1 nitrogen and oxygen atoms in total. The zero-order chi connectivity index (χ0) is 11.6. The maximum absolute atomic E-state index is 10.9. The second kappa shape index (κ2) is 4.73. The van der Waals surface area contributed by atoms with Crippen LogP contribution in [-0.2, 0) is 0 Å². The molecule has 2 rings (SSSR count). The Morgan fingerprint density at radius 3 is 2.75 bits per heavy atom. The first-order chi connectivity index (χ1) is 7.52. The molecule has 16 heavy (non-hydrogen) atoms. The number of rotatable bonds is 1. The predicted molar refractivity (Wildman–Crippen MR) is 71.8 cm³/mol. The predicted octanol–water partition coefficient (Wildman–Crippen LogP) is 3.77. The summed E-state index contributed by atoms with van der Waals surface area (Å²) in [6.07, 6.45) is 9.45. The summed E-state index contributed by atoms with van der Waals surface area (Å²) in [7, 11) is 0. The molecule has 0 saturated carbocycles. The minimum atomic E-state index is -0.503. The number of hydrogen-bond acceptors (Lipinski definition) is 2. The molecule has 1 unspecified atom stereocenters. The fourth-order valence-corrected chi connectivity index (χ4v) is 4.42. The molecule has 1 atom stereocenters. The summed E-state index contributed by atoms with van der Waals surface area (Å²) in [4.78, 5) is 0. The molecule has 0 bridgehead atoms. The van der Waals surface area contributed by atoms with Gasteiger partial charge in [-0.3, -0.25) is 0 Å². The number of thioether (sulfide) groups is 1. The van der Waals surface area contributed by atoms with Gasteiger partial charge in [-0.1, -0.05) is 26.3 Å². The molecule has 0 aromatic rings. The van der Waals surface area contributed by atoms with E-state index in [1.807, 2.05) is 11.8 Å². The molecule has 1 fully saturated rings. The Balaban J connectivity index is 2.13. The molecule has 2 aliphatic rings. The lowest BCUT2D eigenvalue weighted by atomic mass is 9.77. The van der Waals surface area contributed by atoms with Gasteiger partial charge < -0.3 is 5.11 Å². The molecule has 0 spiro atoms. The van der Waals surface area contributed by atoms with Crippen LogP contribution in [0.25, 0.3) is 0 Å². The molecule has 1 saturated heterocycles. The molecule has 0 aromatic heterocycles. The van der Waals surface area contributed by atoms with E-state index in [-0.39, 0.29) is 5.41 Å². The summed E-state index contributed by atoms with van der Waals surface area (Å²) in [6.45, 7) is 4.56. The largest absolute Gasteiger partial charge is 0.385 e. The van der Waals surface area contributed by atoms with Crippen molar-refractivity contribution < 1.29 is 5.11 Å². The third-order valence-electron chi connectivity index (χ3n) is 3.74. The smallest absolute Gasteiger partial charge is 0.0952 e. The summed E-state index contributed by atoms with van der Waals surface area (Å²) in [6, 6.07) is 0. The van der Waals surface area contributed by atoms with Crippen molar-refractivity contribution >= 4 is 11.8 Å². The minimum absolute atomic E-state index is 0.283. The quantitative estimate of drug-likeness (QED) is 0.704. The van der Waals surface area contributed by atoms with Crippen LogP contribution >= 0.6 is 11.8 Å². The summed E-state index contributed by atoms with van der Waals surface area (Å²) in [5.74, 6) is 2.09. The summed E-state index contributed by atoms with van der Waals surface area (Å²) in [5.41, 5.74) is 1.12. The third kappa shape index (κ3) is 2.84. The normalized spacial score (nSPS) is 35.3. The number of allylic oxidation sites excluding steroid dienone is 1. The van der Waals surface area contributed by atoms with Crippen molar-refractivity contribution in [2.45, 2.75) is 58.0 Å². The average molecular weight is 240 g/mol. The van der Waals surface area contributed by atoms with Crippen LogP contribution in [0.15, 0.2) is 11.6 Å². The van der Waals surface area contributed by atoms with Gasteiger partial charge in [0.25, 0.3) is 0 Å². The first-order valence-electron chi connectivity index (χ1n) is 6.52. The fraction of sp³-hybridized carbons (Fsp3) is 0.857. The van der Waals surface area contributed by atoms with Crippen LogP contribution in [0.5, 0.6) is 0 Å². The van der Waals surface area contributed by atoms with Crippen LogP contribution in [0.1, 0.15) is 52.4 Å². The number of hydrogen-bond donors (Lipinski definition) is 1. The lowest BCUT2D eigenvalue weighted by molar-refractivity contribution is 0.0501. The van der Waals surface area contributed by atoms with Crippen molar-refractivity contribution in [1.29, 1.82) is 0 Å². The molecule has 1 aliphatic heterocycles. The van der Waals surface area contributed by atoms with Crippen LogP contribution < -0.4 is 0 Å². The Labute approximate surface area is 104 Å². The molecule has 1 heterocycles. The highest BCUT2D eigenvalue weighted by atomic mass is 32.2. The molecule has 0 aromatic carbocycles. The van der Waals surface area contributed by atoms with Crippen LogP contribution in [0.3, 0.4) is 0 Å². The average Bonchev–Trinajstić information content (AvgIpc) is 2.43. The van der Waals surface area contributed by atoms with Crippen molar-refractivity contribution in [2.75, 3.05) is 11.5 Å². The monoisotopic (exact) mass is 240 g/mol. The van der Waals surface area contributed by atoms with E-state index in [2.05, 4.69) is 19.9 Å². The molecule has 1 N–H and O–H groups in total. The van der Waals surface area contributed by atoms with Gasteiger partial charge in [0.05, 0.1) is 5.60 Å². The third-order valence-corrected chi connectivity index (χ3v) is 5.41. The maximum Gasteiger partial charge on any atom is 0.0952 e. The van der Waals surface area contributed by atoms with Gasteiger partial charge in [-0.2, -0.15) is 11.8 Å². The fourth-order valence-electron chi connectivity index (χ4n) is 3.03. The Hall–Kier alpha value is 0.0500. The lowest BCUT2D eigenvalue weighted by Gasteiger charge is -2.42. The molecular formula is C14H24OS. The molecule has 2 heteroatoms. The Kier molecular flexibility index (Phi) is 3.70. The van der Waals surface area contributed by atoms with E-state index in [0.717, 1.165) is 18.6 Å². The van der Waals surface area contributed by atoms with Crippen molar-refractivity contribution in [3.05, 3.63) is 11.6 Å². The standard InChI is InChI=1S/C14H24OS/c1-13(2)9-14(15,11-16-10-13)12-7-5-3-4-6-8-12/h7,15H,3-6,8-11H2,1-2H3. The van der Waals surface area contributed by atoms with E-state index in [4.69, 9.17) is 0 Å². The second-order valence-electron chi connectivity index (χ2n) is 6.19. The van der Waals surface area contributed by atoms with E-state index in [1.165, 1.54) is 37.0 Å². The van der Waals surface area contributed by atoms with Crippen molar-refractivity contribution in [2.24, 2.45) is 5.41 Å². The molecule has 0 radical (unpaired) electrons. The van der Waals surface area contributed by atoms with Gasteiger partial charge in [-0.05, 0) is 48.8 Å². The van der Waals surface area contributed by atoms with Crippen molar-refractivity contribution in [3.63, 3.8) is 0 Å². The van der Waals surface area contributed by atoms with E-state index in [0.29, 0.717) is 0 Å².